The molecule has 0 bridgehead atoms. The molecule has 1 fully saturated rings. The SMILES string of the molecule is CCOc1cc(C2COB(O)C2)nc(-c2ccc(OC)c(OCC)c2)n1. The molecule has 1 unspecified atom stereocenters. The van der Waals surface area contributed by atoms with Crippen molar-refractivity contribution in [1.29, 1.82) is 0 Å². The Kier molecular flexibility index (Phi) is 5.95. The summed E-state index contributed by atoms with van der Waals surface area (Å²) in [5, 5.41) is 9.65. The van der Waals surface area contributed by atoms with Crippen LogP contribution in [0, 0.1) is 0 Å². The topological polar surface area (TPSA) is 82.9 Å². The van der Waals surface area contributed by atoms with Crippen LogP contribution in [0.5, 0.6) is 17.4 Å². The second-order valence-corrected chi connectivity index (χ2v) is 5.91. The van der Waals surface area contributed by atoms with Crippen LogP contribution in [0.3, 0.4) is 0 Å². The van der Waals surface area contributed by atoms with E-state index in [4.69, 9.17) is 18.9 Å². The van der Waals surface area contributed by atoms with Crippen LogP contribution in [0.15, 0.2) is 24.3 Å². The van der Waals surface area contributed by atoms with Crippen molar-refractivity contribution >= 4 is 7.12 Å². The van der Waals surface area contributed by atoms with E-state index in [0.29, 0.717) is 49.3 Å². The van der Waals surface area contributed by atoms with Crippen LogP contribution in [0.1, 0.15) is 25.5 Å². The third kappa shape index (κ3) is 4.08. The van der Waals surface area contributed by atoms with E-state index in [9.17, 15) is 5.02 Å². The molecule has 1 aliphatic rings. The largest absolute Gasteiger partial charge is 0.493 e. The first kappa shape index (κ1) is 18.5. The smallest absolute Gasteiger partial charge is 0.454 e. The highest BCUT2D eigenvalue weighted by Gasteiger charge is 2.31. The lowest BCUT2D eigenvalue weighted by atomic mass is 9.81. The molecule has 26 heavy (non-hydrogen) atoms. The summed E-state index contributed by atoms with van der Waals surface area (Å²) in [5.74, 6) is 2.34. The monoisotopic (exact) mass is 358 g/mol. The van der Waals surface area contributed by atoms with E-state index in [1.54, 1.807) is 7.11 Å². The summed E-state index contributed by atoms with van der Waals surface area (Å²) in [5.41, 5.74) is 1.60. The molecule has 1 aliphatic heterocycles. The van der Waals surface area contributed by atoms with Gasteiger partial charge in [-0.1, -0.05) is 0 Å². The lowest BCUT2D eigenvalue weighted by Crippen LogP contribution is -2.08. The minimum absolute atomic E-state index is 0.00978. The fourth-order valence-corrected chi connectivity index (χ4v) is 2.90. The average Bonchev–Trinajstić information content (AvgIpc) is 3.08. The van der Waals surface area contributed by atoms with Crippen LogP contribution in [0.25, 0.3) is 11.4 Å². The second-order valence-electron chi connectivity index (χ2n) is 5.91. The number of methoxy groups -OCH3 is 1. The highest BCUT2D eigenvalue weighted by atomic mass is 16.5. The fraction of sp³-hybridized carbons (Fsp3) is 0.444. The Morgan fingerprint density at radius 2 is 1.96 bits per heavy atom. The minimum atomic E-state index is -0.750. The lowest BCUT2D eigenvalue weighted by molar-refractivity contribution is 0.290. The summed E-state index contributed by atoms with van der Waals surface area (Å²) in [7, 11) is 0.854. The molecule has 0 amide bonds. The van der Waals surface area contributed by atoms with Gasteiger partial charge in [0.15, 0.2) is 17.3 Å². The van der Waals surface area contributed by atoms with E-state index in [0.717, 1.165) is 11.3 Å². The maximum Gasteiger partial charge on any atom is 0.454 e. The van der Waals surface area contributed by atoms with E-state index in [1.807, 2.05) is 38.1 Å². The van der Waals surface area contributed by atoms with Gasteiger partial charge in [0, 0.05) is 24.2 Å². The van der Waals surface area contributed by atoms with Gasteiger partial charge in [0.25, 0.3) is 0 Å². The number of aromatic nitrogens is 2. The van der Waals surface area contributed by atoms with Crippen LogP contribution in [0.2, 0.25) is 6.32 Å². The molecule has 2 heterocycles. The maximum absolute atomic E-state index is 9.65. The molecule has 1 N–H and O–H groups in total. The van der Waals surface area contributed by atoms with Crippen LogP contribution >= 0.6 is 0 Å². The van der Waals surface area contributed by atoms with Crippen molar-refractivity contribution in [3.05, 3.63) is 30.0 Å². The third-order valence-electron chi connectivity index (χ3n) is 4.13. The third-order valence-corrected chi connectivity index (χ3v) is 4.13. The number of benzene rings is 1. The molecule has 138 valence electrons. The standard InChI is InChI=1S/C18H23BN2O5/c1-4-24-16-8-12(6-7-15(16)23-3)18-20-14(9-17(21-18)25-5-2)13-10-19(22)26-11-13/h6-9,13,22H,4-5,10-11H2,1-3H3. The quantitative estimate of drug-likeness (QED) is 0.762. The molecular formula is C18H23BN2O5. The zero-order valence-electron chi connectivity index (χ0n) is 15.3. The Labute approximate surface area is 153 Å². The normalized spacial score (nSPS) is 16.6. The van der Waals surface area contributed by atoms with Gasteiger partial charge in [-0.2, -0.15) is 4.98 Å². The zero-order chi connectivity index (χ0) is 18.5. The number of hydrogen-bond donors (Lipinski definition) is 1. The van der Waals surface area contributed by atoms with E-state index in [1.165, 1.54) is 0 Å². The number of ether oxygens (including phenoxy) is 3. The van der Waals surface area contributed by atoms with Crippen molar-refractivity contribution in [2.24, 2.45) is 0 Å². The first-order chi connectivity index (χ1) is 12.6. The van der Waals surface area contributed by atoms with Gasteiger partial charge in [0.2, 0.25) is 5.88 Å². The molecule has 0 spiro atoms. The molecule has 1 aromatic heterocycles. The van der Waals surface area contributed by atoms with Crippen molar-refractivity contribution in [2.45, 2.75) is 26.1 Å². The van der Waals surface area contributed by atoms with E-state index >= 15 is 0 Å². The van der Waals surface area contributed by atoms with Crippen LogP contribution in [0.4, 0.5) is 0 Å². The Morgan fingerprint density at radius 3 is 2.62 bits per heavy atom. The van der Waals surface area contributed by atoms with Gasteiger partial charge in [-0.25, -0.2) is 4.98 Å². The molecule has 8 heteroatoms. The highest BCUT2D eigenvalue weighted by molar-refractivity contribution is 6.43. The Morgan fingerprint density at radius 1 is 1.15 bits per heavy atom. The first-order valence-electron chi connectivity index (χ1n) is 8.77. The second kappa shape index (κ2) is 8.38. The molecule has 2 aromatic rings. The van der Waals surface area contributed by atoms with Gasteiger partial charge < -0.3 is 23.9 Å². The first-order valence-corrected chi connectivity index (χ1v) is 8.77. The summed E-state index contributed by atoms with van der Waals surface area (Å²) in [6.07, 6.45) is 0.509. The molecule has 0 saturated carbocycles. The summed E-state index contributed by atoms with van der Waals surface area (Å²) in [6, 6.07) is 7.39. The highest BCUT2D eigenvalue weighted by Crippen LogP contribution is 2.34. The van der Waals surface area contributed by atoms with Crippen LogP contribution in [-0.2, 0) is 4.65 Å². The Bertz CT molecular complexity index is 758. The molecule has 1 saturated heterocycles. The minimum Gasteiger partial charge on any atom is -0.493 e. The van der Waals surface area contributed by atoms with E-state index < -0.39 is 7.12 Å². The predicted octanol–water partition coefficient (Wildman–Crippen LogP) is 2.54. The predicted molar refractivity (Wildman–Crippen MR) is 97.8 cm³/mol. The summed E-state index contributed by atoms with van der Waals surface area (Å²) < 4.78 is 21.9. The average molecular weight is 358 g/mol. The summed E-state index contributed by atoms with van der Waals surface area (Å²) >= 11 is 0. The van der Waals surface area contributed by atoms with E-state index in [-0.39, 0.29) is 5.92 Å². The Balaban J connectivity index is 2.00. The molecule has 3 rings (SSSR count). The molecule has 7 nitrogen and oxygen atoms in total. The van der Waals surface area contributed by atoms with Gasteiger partial charge >= 0.3 is 7.12 Å². The summed E-state index contributed by atoms with van der Waals surface area (Å²) in [4.78, 5) is 9.19. The van der Waals surface area contributed by atoms with Crippen LogP contribution < -0.4 is 14.2 Å². The molecule has 1 atom stereocenters. The Hall–Kier alpha value is -2.32. The van der Waals surface area contributed by atoms with Crippen molar-refractivity contribution in [3.8, 4) is 28.8 Å². The number of nitrogens with zero attached hydrogens (tertiary/aromatic N) is 2. The van der Waals surface area contributed by atoms with Crippen LogP contribution in [-0.4, -0.2) is 49.0 Å². The van der Waals surface area contributed by atoms with E-state index in [2.05, 4.69) is 9.97 Å². The molecule has 0 radical (unpaired) electrons. The lowest BCUT2D eigenvalue weighted by Gasteiger charge is -2.14. The van der Waals surface area contributed by atoms with Gasteiger partial charge in [-0.3, -0.25) is 0 Å². The fourth-order valence-electron chi connectivity index (χ4n) is 2.90. The zero-order valence-corrected chi connectivity index (χ0v) is 15.3. The number of rotatable bonds is 7. The van der Waals surface area contributed by atoms with Gasteiger partial charge in [0.05, 0.1) is 26.0 Å². The van der Waals surface area contributed by atoms with Crippen molar-refractivity contribution in [2.75, 3.05) is 26.9 Å². The molecular weight excluding hydrogens is 335 g/mol. The van der Waals surface area contributed by atoms with Gasteiger partial charge in [-0.05, 0) is 38.4 Å². The van der Waals surface area contributed by atoms with Gasteiger partial charge in [-0.15, -0.1) is 0 Å². The number of hydrogen-bond acceptors (Lipinski definition) is 7. The summed E-state index contributed by atoms with van der Waals surface area (Å²) in [6.45, 7) is 5.29. The molecule has 1 aromatic carbocycles. The van der Waals surface area contributed by atoms with Crippen molar-refractivity contribution in [3.63, 3.8) is 0 Å². The van der Waals surface area contributed by atoms with Gasteiger partial charge in [0.1, 0.15) is 0 Å². The van der Waals surface area contributed by atoms with Crippen molar-refractivity contribution in [1.82, 2.24) is 9.97 Å². The molecule has 0 aliphatic carbocycles. The maximum atomic E-state index is 9.65. The van der Waals surface area contributed by atoms with Crippen molar-refractivity contribution < 1.29 is 23.9 Å².